The predicted octanol–water partition coefficient (Wildman–Crippen LogP) is 6.15. The number of halogens is 2. The van der Waals surface area contributed by atoms with Crippen molar-refractivity contribution < 1.29 is 19.0 Å². The third kappa shape index (κ3) is 5.95. The van der Waals surface area contributed by atoms with Gasteiger partial charge in [0.2, 0.25) is 0 Å². The van der Waals surface area contributed by atoms with Crippen LogP contribution in [0, 0.1) is 0 Å². The first-order valence-corrected chi connectivity index (χ1v) is 15.3. The average Bonchev–Trinajstić information content (AvgIpc) is 3.28. The summed E-state index contributed by atoms with van der Waals surface area (Å²) >= 11 is 11.1. The highest BCUT2D eigenvalue weighted by Crippen LogP contribution is 2.40. The Kier molecular flexibility index (Phi) is 9.01. The minimum Gasteiger partial charge on any atom is -0.496 e. The van der Waals surface area contributed by atoms with Crippen LogP contribution < -0.4 is 24.4 Å². The number of aromatic nitrogens is 1. The third-order valence-electron chi connectivity index (χ3n) is 6.48. The molecule has 0 amide bonds. The van der Waals surface area contributed by atoms with Gasteiger partial charge < -0.3 is 14.2 Å². The van der Waals surface area contributed by atoms with Gasteiger partial charge in [-0.25, -0.2) is 9.79 Å². The van der Waals surface area contributed by atoms with Crippen LogP contribution in [-0.2, 0) is 9.53 Å². The van der Waals surface area contributed by atoms with Gasteiger partial charge in [-0.3, -0.25) is 9.36 Å². The summed E-state index contributed by atoms with van der Waals surface area (Å²) in [4.78, 5) is 33.3. The Morgan fingerprint density at radius 2 is 1.86 bits per heavy atom. The van der Waals surface area contributed by atoms with Crippen LogP contribution in [0.25, 0.3) is 11.8 Å². The summed E-state index contributed by atoms with van der Waals surface area (Å²) in [5.41, 5.74) is 2.34. The second-order valence-electron chi connectivity index (χ2n) is 9.67. The predicted molar refractivity (Wildman–Crippen MR) is 169 cm³/mol. The third-order valence-corrected chi connectivity index (χ3v) is 8.19. The first-order valence-electron chi connectivity index (χ1n) is 13.3. The molecule has 10 heteroatoms. The van der Waals surface area contributed by atoms with Crippen molar-refractivity contribution in [3.05, 3.63) is 118 Å². The van der Waals surface area contributed by atoms with Crippen LogP contribution in [0.1, 0.15) is 43.5 Å². The van der Waals surface area contributed by atoms with Gasteiger partial charge >= 0.3 is 5.97 Å². The summed E-state index contributed by atoms with van der Waals surface area (Å²) in [7, 11) is 1.55. The lowest BCUT2D eigenvalue weighted by molar-refractivity contribution is -0.138. The molecule has 0 radical (unpaired) electrons. The van der Waals surface area contributed by atoms with Crippen molar-refractivity contribution in [3.63, 3.8) is 0 Å². The molecule has 3 aromatic carbocycles. The molecule has 7 nitrogen and oxygen atoms in total. The van der Waals surface area contributed by atoms with Gasteiger partial charge in [0.15, 0.2) is 4.80 Å². The molecule has 0 N–H and O–H groups in total. The second-order valence-corrected chi connectivity index (χ2v) is 12.0. The Labute approximate surface area is 260 Å². The minimum absolute atomic E-state index is 0.0795. The van der Waals surface area contributed by atoms with Crippen molar-refractivity contribution in [1.29, 1.82) is 0 Å². The number of ether oxygens (including phenoxy) is 3. The fourth-order valence-electron chi connectivity index (χ4n) is 4.79. The Hall–Kier alpha value is -3.66. The Morgan fingerprint density at radius 3 is 2.55 bits per heavy atom. The molecule has 1 aromatic heterocycles. The molecule has 0 aliphatic carbocycles. The van der Waals surface area contributed by atoms with E-state index in [-0.39, 0.29) is 23.8 Å². The monoisotopic (exact) mass is 666 g/mol. The largest absolute Gasteiger partial charge is 0.496 e. The number of methoxy groups -OCH3 is 1. The summed E-state index contributed by atoms with van der Waals surface area (Å²) in [6.45, 7) is 5.76. The van der Waals surface area contributed by atoms with E-state index in [0.29, 0.717) is 42.7 Å². The lowest BCUT2D eigenvalue weighted by Crippen LogP contribution is -2.40. The Morgan fingerprint density at radius 1 is 1.12 bits per heavy atom. The SMILES string of the molecule is CCOC(=O)C1=C(c2ccccc2)N=c2s/c(=C\c3cc(Cl)ccc3OC(C)C)c(=O)n2[C@@H]1c1cc(Br)ccc1OC. The average molecular weight is 668 g/mol. The number of hydrogen-bond donors (Lipinski definition) is 0. The molecule has 42 heavy (non-hydrogen) atoms. The van der Waals surface area contributed by atoms with E-state index in [4.69, 9.17) is 30.8 Å². The van der Waals surface area contributed by atoms with E-state index in [1.807, 2.05) is 56.3 Å². The Balaban J connectivity index is 1.86. The topological polar surface area (TPSA) is 79.1 Å². The lowest BCUT2D eigenvalue weighted by atomic mass is 9.92. The summed E-state index contributed by atoms with van der Waals surface area (Å²) in [6.07, 6.45) is 1.67. The number of rotatable bonds is 8. The van der Waals surface area contributed by atoms with Crippen LogP contribution in [-0.4, -0.2) is 30.4 Å². The van der Waals surface area contributed by atoms with Gasteiger partial charge in [0.25, 0.3) is 5.56 Å². The summed E-state index contributed by atoms with van der Waals surface area (Å²) in [6, 6.07) is 19.3. The fourth-order valence-corrected chi connectivity index (χ4v) is 6.34. The molecule has 1 aliphatic heterocycles. The highest BCUT2D eigenvalue weighted by molar-refractivity contribution is 9.10. The van der Waals surface area contributed by atoms with Crippen LogP contribution in [0.15, 0.2) is 86.6 Å². The number of carbonyl (C=O) groups is 1. The molecule has 5 rings (SSSR count). The van der Waals surface area contributed by atoms with Gasteiger partial charge in [-0.1, -0.05) is 69.2 Å². The molecule has 0 spiro atoms. The number of thiazole rings is 1. The van der Waals surface area contributed by atoms with E-state index in [0.717, 1.165) is 10.0 Å². The number of benzene rings is 3. The van der Waals surface area contributed by atoms with E-state index < -0.39 is 12.0 Å². The van der Waals surface area contributed by atoms with E-state index in [9.17, 15) is 9.59 Å². The zero-order chi connectivity index (χ0) is 30.0. The summed E-state index contributed by atoms with van der Waals surface area (Å²) < 4.78 is 20.0. The number of hydrogen-bond acceptors (Lipinski definition) is 7. The van der Waals surface area contributed by atoms with Crippen molar-refractivity contribution >= 4 is 56.6 Å². The fraction of sp³-hybridized carbons (Fsp3) is 0.219. The second kappa shape index (κ2) is 12.7. The van der Waals surface area contributed by atoms with Crippen LogP contribution in [0.4, 0.5) is 0 Å². The molecule has 0 unspecified atom stereocenters. The van der Waals surface area contributed by atoms with Crippen molar-refractivity contribution in [2.45, 2.75) is 32.9 Å². The molecule has 2 heterocycles. The normalized spacial score (nSPS) is 14.9. The lowest BCUT2D eigenvalue weighted by Gasteiger charge is -2.27. The minimum atomic E-state index is -0.879. The van der Waals surface area contributed by atoms with Gasteiger partial charge in [0.05, 0.1) is 35.6 Å². The van der Waals surface area contributed by atoms with E-state index >= 15 is 0 Å². The van der Waals surface area contributed by atoms with E-state index in [2.05, 4.69) is 15.9 Å². The standard InChI is InChI=1S/C32H28BrClN2O5S/c1-5-40-31(38)27-28(19-9-7-6-8-10-19)35-32-36(29(27)23-17-21(33)11-13-25(23)39-4)30(37)26(42-32)16-20-15-22(34)12-14-24(20)41-18(2)3/h6-18,29H,5H2,1-4H3/b26-16-/t29-/m1/s1. The molecular formula is C32H28BrClN2O5S. The maximum absolute atomic E-state index is 14.3. The maximum atomic E-state index is 14.3. The molecule has 4 aromatic rings. The summed E-state index contributed by atoms with van der Waals surface area (Å²) in [5.74, 6) is 0.544. The molecular weight excluding hydrogens is 640 g/mol. The molecule has 0 bridgehead atoms. The van der Waals surface area contributed by atoms with E-state index in [1.54, 1.807) is 44.4 Å². The van der Waals surface area contributed by atoms with Gasteiger partial charge in [-0.05, 0) is 63.2 Å². The maximum Gasteiger partial charge on any atom is 0.338 e. The number of carbonyl (C=O) groups excluding carboxylic acids is 1. The van der Waals surface area contributed by atoms with Crippen LogP contribution in [0.3, 0.4) is 0 Å². The zero-order valence-corrected chi connectivity index (χ0v) is 26.5. The van der Waals surface area contributed by atoms with E-state index in [1.165, 1.54) is 15.9 Å². The van der Waals surface area contributed by atoms with Crippen molar-refractivity contribution in [3.8, 4) is 11.5 Å². The van der Waals surface area contributed by atoms with Crippen LogP contribution in [0.2, 0.25) is 5.02 Å². The number of esters is 1. The van der Waals surface area contributed by atoms with Crippen molar-refractivity contribution in [2.24, 2.45) is 4.99 Å². The molecule has 1 atom stereocenters. The van der Waals surface area contributed by atoms with Gasteiger partial charge in [-0.15, -0.1) is 0 Å². The van der Waals surface area contributed by atoms with Crippen molar-refractivity contribution in [1.82, 2.24) is 4.57 Å². The first-order chi connectivity index (χ1) is 20.2. The highest BCUT2D eigenvalue weighted by atomic mass is 79.9. The van der Waals surface area contributed by atoms with Crippen LogP contribution in [0.5, 0.6) is 11.5 Å². The highest BCUT2D eigenvalue weighted by Gasteiger charge is 2.37. The first kappa shape index (κ1) is 29.8. The van der Waals surface area contributed by atoms with Gasteiger partial charge in [0.1, 0.15) is 17.5 Å². The number of fused-ring (bicyclic) bond motifs is 1. The quantitative estimate of drug-likeness (QED) is 0.211. The molecule has 0 saturated heterocycles. The molecule has 0 fully saturated rings. The van der Waals surface area contributed by atoms with Crippen molar-refractivity contribution in [2.75, 3.05) is 13.7 Å². The summed E-state index contributed by atoms with van der Waals surface area (Å²) in [5, 5.41) is 0.512. The van der Waals surface area contributed by atoms with Gasteiger partial charge in [-0.2, -0.15) is 0 Å². The molecule has 0 saturated carbocycles. The number of nitrogens with zero attached hydrogens (tertiary/aromatic N) is 2. The smallest absolute Gasteiger partial charge is 0.338 e. The Bertz CT molecular complexity index is 1860. The zero-order valence-electron chi connectivity index (χ0n) is 23.4. The molecule has 216 valence electrons. The van der Waals surface area contributed by atoms with Gasteiger partial charge in [0, 0.05) is 26.2 Å². The van der Waals surface area contributed by atoms with Crippen LogP contribution >= 0.6 is 38.9 Å². The molecule has 1 aliphatic rings.